The molecule has 2 aliphatic rings. The number of carbonyl (C=O) groups is 1. The molecule has 5 heteroatoms. The van der Waals surface area contributed by atoms with Gasteiger partial charge in [0.05, 0.1) is 12.7 Å². The van der Waals surface area contributed by atoms with Gasteiger partial charge in [0.1, 0.15) is 5.69 Å². The number of benzene rings is 1. The summed E-state index contributed by atoms with van der Waals surface area (Å²) < 4.78 is 7.77. The number of fused-ring (bicyclic) bond motifs is 1. The van der Waals surface area contributed by atoms with Crippen molar-refractivity contribution in [3.8, 4) is 0 Å². The Kier molecular flexibility index (Phi) is 4.10. The van der Waals surface area contributed by atoms with Crippen molar-refractivity contribution >= 4 is 5.91 Å². The highest BCUT2D eigenvalue weighted by atomic mass is 16.5. The second-order valence-electron chi connectivity index (χ2n) is 6.99. The number of nitrogens with zero attached hydrogens (tertiary/aromatic N) is 3. The number of aryl methyl sites for hydroxylation is 1. The van der Waals surface area contributed by atoms with Crippen LogP contribution in [0.15, 0.2) is 42.6 Å². The average molecular weight is 325 g/mol. The zero-order valence-electron chi connectivity index (χ0n) is 14.0. The van der Waals surface area contributed by atoms with Gasteiger partial charge < -0.3 is 9.64 Å². The Bertz CT molecular complexity index is 698. The van der Waals surface area contributed by atoms with Crippen LogP contribution in [-0.4, -0.2) is 39.8 Å². The number of hydrogen-bond donors (Lipinski definition) is 0. The van der Waals surface area contributed by atoms with Crippen LogP contribution in [0.3, 0.4) is 0 Å². The van der Waals surface area contributed by atoms with E-state index in [0.717, 1.165) is 25.9 Å². The Morgan fingerprint density at radius 1 is 1.17 bits per heavy atom. The van der Waals surface area contributed by atoms with Crippen LogP contribution in [0.1, 0.15) is 28.9 Å². The number of ether oxygens (including phenoxy) is 1. The topological polar surface area (TPSA) is 47.4 Å². The van der Waals surface area contributed by atoms with E-state index in [9.17, 15) is 4.79 Å². The van der Waals surface area contributed by atoms with Gasteiger partial charge in [0.25, 0.3) is 5.91 Å². The SMILES string of the molecule is Cn1ccc(C(=O)N2C[C@H]3CC(OCc4ccccc4)C[C@H]3C2)n1. The third-order valence-electron chi connectivity index (χ3n) is 5.26. The minimum absolute atomic E-state index is 0.0618. The first-order valence-electron chi connectivity index (χ1n) is 8.63. The van der Waals surface area contributed by atoms with Gasteiger partial charge in [-0.05, 0) is 36.3 Å². The summed E-state index contributed by atoms with van der Waals surface area (Å²) in [5.41, 5.74) is 1.77. The quantitative estimate of drug-likeness (QED) is 0.868. The molecule has 1 aromatic heterocycles. The van der Waals surface area contributed by atoms with Crippen molar-refractivity contribution in [3.05, 3.63) is 53.9 Å². The minimum atomic E-state index is 0.0618. The summed E-state index contributed by atoms with van der Waals surface area (Å²) in [5, 5.41) is 4.23. The lowest BCUT2D eigenvalue weighted by molar-refractivity contribution is 0.0367. The van der Waals surface area contributed by atoms with Crippen LogP contribution < -0.4 is 0 Å². The second-order valence-corrected chi connectivity index (χ2v) is 6.99. The van der Waals surface area contributed by atoms with E-state index in [-0.39, 0.29) is 5.91 Å². The molecule has 1 aliphatic heterocycles. The van der Waals surface area contributed by atoms with Gasteiger partial charge in [-0.25, -0.2) is 0 Å². The first-order chi connectivity index (χ1) is 11.7. The van der Waals surface area contributed by atoms with Crippen molar-refractivity contribution in [1.29, 1.82) is 0 Å². The van der Waals surface area contributed by atoms with Gasteiger partial charge in [-0.15, -0.1) is 0 Å². The van der Waals surface area contributed by atoms with Gasteiger partial charge in [-0.2, -0.15) is 5.10 Å². The van der Waals surface area contributed by atoms with Gasteiger partial charge in [0, 0.05) is 26.3 Å². The monoisotopic (exact) mass is 325 g/mol. The van der Waals surface area contributed by atoms with Gasteiger partial charge in [-0.1, -0.05) is 30.3 Å². The molecule has 1 saturated carbocycles. The molecule has 2 fully saturated rings. The molecule has 1 unspecified atom stereocenters. The first kappa shape index (κ1) is 15.4. The van der Waals surface area contributed by atoms with Crippen LogP contribution in [-0.2, 0) is 18.4 Å². The number of likely N-dealkylation sites (tertiary alicyclic amines) is 1. The van der Waals surface area contributed by atoms with Crippen LogP contribution in [0, 0.1) is 11.8 Å². The molecule has 1 aliphatic carbocycles. The van der Waals surface area contributed by atoms with Crippen LogP contribution in [0.2, 0.25) is 0 Å². The third kappa shape index (κ3) is 3.08. The molecule has 3 atom stereocenters. The average Bonchev–Trinajstić information content (AvgIpc) is 3.27. The van der Waals surface area contributed by atoms with Gasteiger partial charge in [-0.3, -0.25) is 9.48 Å². The molecule has 1 saturated heterocycles. The predicted octanol–water partition coefficient (Wildman–Crippen LogP) is 2.49. The van der Waals surface area contributed by atoms with Crippen molar-refractivity contribution in [3.63, 3.8) is 0 Å². The summed E-state index contributed by atoms with van der Waals surface area (Å²) in [4.78, 5) is 14.5. The van der Waals surface area contributed by atoms with E-state index >= 15 is 0 Å². The molecule has 5 nitrogen and oxygen atoms in total. The molecular weight excluding hydrogens is 302 g/mol. The molecule has 2 heterocycles. The molecule has 0 bridgehead atoms. The molecule has 1 aromatic carbocycles. The Hall–Kier alpha value is -2.14. The first-order valence-corrected chi connectivity index (χ1v) is 8.63. The van der Waals surface area contributed by atoms with E-state index in [4.69, 9.17) is 4.74 Å². The Morgan fingerprint density at radius 2 is 1.88 bits per heavy atom. The molecule has 24 heavy (non-hydrogen) atoms. The predicted molar refractivity (Wildman–Crippen MR) is 90.3 cm³/mol. The third-order valence-corrected chi connectivity index (χ3v) is 5.26. The highest BCUT2D eigenvalue weighted by Gasteiger charge is 2.43. The maximum atomic E-state index is 12.5. The molecule has 2 aromatic rings. The van der Waals surface area contributed by atoms with Gasteiger partial charge >= 0.3 is 0 Å². The summed E-state index contributed by atoms with van der Waals surface area (Å²) >= 11 is 0. The van der Waals surface area contributed by atoms with Gasteiger partial charge in [0.15, 0.2) is 0 Å². The van der Waals surface area contributed by atoms with Crippen LogP contribution in [0.25, 0.3) is 0 Å². The van der Waals surface area contributed by atoms with Gasteiger partial charge in [0.2, 0.25) is 0 Å². The number of rotatable bonds is 4. The van der Waals surface area contributed by atoms with Crippen molar-refractivity contribution in [2.75, 3.05) is 13.1 Å². The van der Waals surface area contributed by atoms with Crippen LogP contribution in [0.5, 0.6) is 0 Å². The molecule has 126 valence electrons. The van der Waals surface area contributed by atoms with Crippen molar-refractivity contribution in [2.24, 2.45) is 18.9 Å². The van der Waals surface area contributed by atoms with Crippen molar-refractivity contribution in [1.82, 2.24) is 14.7 Å². The van der Waals surface area contributed by atoms with E-state index in [0.29, 0.717) is 30.2 Å². The summed E-state index contributed by atoms with van der Waals surface area (Å²) in [5.74, 6) is 1.20. The smallest absolute Gasteiger partial charge is 0.274 e. The lowest BCUT2D eigenvalue weighted by atomic mass is 10.0. The highest BCUT2D eigenvalue weighted by Crippen LogP contribution is 2.40. The lowest BCUT2D eigenvalue weighted by Crippen LogP contribution is -2.31. The summed E-state index contributed by atoms with van der Waals surface area (Å²) in [6, 6.07) is 12.1. The fraction of sp³-hybridized carbons (Fsp3) is 0.474. The molecule has 0 N–H and O–H groups in total. The summed E-state index contributed by atoms with van der Waals surface area (Å²) in [7, 11) is 1.84. The van der Waals surface area contributed by atoms with Crippen molar-refractivity contribution < 1.29 is 9.53 Å². The Balaban J connectivity index is 1.29. The Morgan fingerprint density at radius 3 is 2.50 bits per heavy atom. The van der Waals surface area contributed by atoms with E-state index < -0.39 is 0 Å². The fourth-order valence-corrected chi connectivity index (χ4v) is 4.03. The van der Waals surface area contributed by atoms with Crippen LogP contribution in [0.4, 0.5) is 0 Å². The zero-order chi connectivity index (χ0) is 16.5. The second kappa shape index (κ2) is 6.40. The lowest BCUT2D eigenvalue weighted by Gasteiger charge is -2.19. The molecular formula is C19H23N3O2. The van der Waals surface area contributed by atoms with Crippen molar-refractivity contribution in [2.45, 2.75) is 25.6 Å². The number of aromatic nitrogens is 2. The maximum absolute atomic E-state index is 12.5. The maximum Gasteiger partial charge on any atom is 0.274 e. The molecule has 4 rings (SSSR count). The molecule has 1 amide bonds. The normalized spacial score (nSPS) is 25.9. The summed E-state index contributed by atoms with van der Waals surface area (Å²) in [6.07, 6.45) is 4.26. The fourth-order valence-electron chi connectivity index (χ4n) is 4.03. The number of amides is 1. The molecule has 0 spiro atoms. The van der Waals surface area contributed by atoms with E-state index in [1.165, 1.54) is 5.56 Å². The largest absolute Gasteiger partial charge is 0.374 e. The minimum Gasteiger partial charge on any atom is -0.374 e. The number of hydrogen-bond acceptors (Lipinski definition) is 3. The Labute approximate surface area is 142 Å². The summed E-state index contributed by atoms with van der Waals surface area (Å²) in [6.45, 7) is 2.36. The van der Waals surface area contributed by atoms with E-state index in [1.807, 2.05) is 36.3 Å². The highest BCUT2D eigenvalue weighted by molar-refractivity contribution is 5.92. The number of carbonyl (C=O) groups excluding carboxylic acids is 1. The standard InChI is InChI=1S/C19H23N3O2/c1-21-8-7-18(20-21)19(23)22-11-15-9-17(10-16(15)12-22)24-13-14-5-3-2-4-6-14/h2-8,15-17H,9-13H2,1H3/t15-,16+,17?. The van der Waals surface area contributed by atoms with E-state index in [1.54, 1.807) is 10.7 Å². The molecule has 0 radical (unpaired) electrons. The van der Waals surface area contributed by atoms with Crippen LogP contribution >= 0.6 is 0 Å². The van der Waals surface area contributed by atoms with E-state index in [2.05, 4.69) is 17.2 Å². The zero-order valence-corrected chi connectivity index (χ0v) is 14.0.